The Morgan fingerprint density at radius 1 is 0.833 bits per heavy atom. The second-order valence-corrected chi connectivity index (χ2v) is 15.4. The van der Waals surface area contributed by atoms with Crippen molar-refractivity contribution in [3.8, 4) is 0 Å². The maximum absolute atomic E-state index is 4.37. The summed E-state index contributed by atoms with van der Waals surface area (Å²) in [4.78, 5) is -1.64. The second-order valence-electron chi connectivity index (χ2n) is 3.29. The van der Waals surface area contributed by atoms with Crippen LogP contribution in [0.15, 0.2) is 0 Å². The van der Waals surface area contributed by atoms with Crippen LogP contribution in [0.3, 0.4) is 0 Å². The van der Waals surface area contributed by atoms with Gasteiger partial charge in [0.1, 0.15) is 0 Å². The molecule has 0 aliphatic rings. The molecule has 0 aliphatic carbocycles. The van der Waals surface area contributed by atoms with Gasteiger partial charge < -0.3 is 0 Å². The number of rotatable bonds is 7. The molecule has 0 heterocycles. The topological polar surface area (TPSA) is 0 Å². The first-order valence-electron chi connectivity index (χ1n) is 4.73. The van der Waals surface area contributed by atoms with E-state index in [0.29, 0.717) is 0 Å². The van der Waals surface area contributed by atoms with Crippen molar-refractivity contribution in [2.45, 2.75) is 45.4 Å². The van der Waals surface area contributed by atoms with Gasteiger partial charge in [0.15, 0.2) is 0 Å². The molecule has 0 fully saturated rings. The summed E-state index contributed by atoms with van der Waals surface area (Å²) in [5, 5.41) is 0. The number of hydrogen-bond donors (Lipinski definition) is 3. The third kappa shape index (κ3) is 11.5. The third-order valence-electron chi connectivity index (χ3n) is 1.87. The van der Waals surface area contributed by atoms with E-state index >= 15 is 0 Å². The van der Waals surface area contributed by atoms with Gasteiger partial charge in [0, 0.05) is 0 Å². The zero-order valence-electron chi connectivity index (χ0n) is 7.79. The molecule has 0 radical (unpaired) electrons. The Morgan fingerprint density at radius 2 is 1.33 bits per heavy atom. The molecule has 0 aromatic heterocycles. The number of hydrogen-bond acceptors (Lipinski definition) is 3. The van der Waals surface area contributed by atoms with E-state index in [1.165, 1.54) is 38.5 Å². The molecule has 0 saturated heterocycles. The van der Waals surface area contributed by atoms with Crippen LogP contribution in [0.5, 0.6) is 0 Å². The van der Waals surface area contributed by atoms with E-state index in [1.54, 1.807) is 0 Å². The quantitative estimate of drug-likeness (QED) is 0.324. The molecule has 0 unspecified atom stereocenters. The first kappa shape index (κ1) is 13.5. The molecular formula is C8H21PS3. The molecule has 76 valence electrons. The normalized spacial score (nSPS) is 13.3. The van der Waals surface area contributed by atoms with Crippen LogP contribution >= 0.6 is 41.6 Å². The molecular weight excluding hydrogens is 223 g/mol. The predicted molar refractivity (Wildman–Crippen MR) is 73.5 cm³/mol. The Labute approximate surface area is 93.1 Å². The molecule has 12 heavy (non-hydrogen) atoms. The summed E-state index contributed by atoms with van der Waals surface area (Å²) in [7, 11) is 0. The first-order valence-corrected chi connectivity index (χ1v) is 10.8. The molecule has 0 spiro atoms. The summed E-state index contributed by atoms with van der Waals surface area (Å²) in [6.07, 6.45) is 9.16. The van der Waals surface area contributed by atoms with Crippen LogP contribution in [0, 0.1) is 0 Å². The summed E-state index contributed by atoms with van der Waals surface area (Å²) < 4.78 is 0. The number of unbranched alkanes of at least 4 members (excludes halogenated alkanes) is 5. The van der Waals surface area contributed by atoms with Crippen molar-refractivity contribution in [3.63, 3.8) is 0 Å². The van der Waals surface area contributed by atoms with Crippen LogP contribution < -0.4 is 0 Å². The van der Waals surface area contributed by atoms with Gasteiger partial charge in [-0.25, -0.2) is 0 Å². The van der Waals surface area contributed by atoms with Crippen LogP contribution in [-0.2, 0) is 0 Å². The minimum absolute atomic E-state index is 1.12. The molecule has 0 aliphatic heterocycles. The van der Waals surface area contributed by atoms with E-state index in [-0.39, 0.29) is 0 Å². The Balaban J connectivity index is 3.01. The van der Waals surface area contributed by atoms with E-state index in [9.17, 15) is 0 Å². The summed E-state index contributed by atoms with van der Waals surface area (Å²) >= 11 is 13.1. The second kappa shape index (κ2) is 7.84. The van der Waals surface area contributed by atoms with Crippen molar-refractivity contribution in [1.82, 2.24) is 0 Å². The Bertz CT molecular complexity index is 101. The predicted octanol–water partition coefficient (Wildman–Crippen LogP) is 4.63. The van der Waals surface area contributed by atoms with E-state index < -0.39 is 4.87 Å². The zero-order chi connectivity index (χ0) is 9.45. The van der Waals surface area contributed by atoms with Gasteiger partial charge in [-0.3, -0.25) is 0 Å². The first-order chi connectivity index (χ1) is 5.56. The van der Waals surface area contributed by atoms with Gasteiger partial charge in [-0.05, 0) is 0 Å². The van der Waals surface area contributed by atoms with E-state index in [0.717, 1.165) is 6.16 Å². The van der Waals surface area contributed by atoms with Crippen LogP contribution in [0.25, 0.3) is 0 Å². The van der Waals surface area contributed by atoms with E-state index in [4.69, 9.17) is 0 Å². The van der Waals surface area contributed by atoms with Crippen LogP contribution in [0.2, 0.25) is 0 Å². The minimum atomic E-state index is -1.64. The molecule has 0 nitrogen and oxygen atoms in total. The molecule has 0 bridgehead atoms. The van der Waals surface area contributed by atoms with Crippen LogP contribution in [0.4, 0.5) is 0 Å². The standard InChI is InChI=1S/C8H21PS3/c1-2-3-4-5-6-7-8-9(10,11)12/h9-12H,2-8H2,1H3. The molecule has 0 amide bonds. The van der Waals surface area contributed by atoms with Gasteiger partial charge in [-0.15, -0.1) is 0 Å². The molecule has 0 N–H and O–H groups in total. The van der Waals surface area contributed by atoms with Crippen molar-refractivity contribution in [2.24, 2.45) is 0 Å². The fraction of sp³-hybridized carbons (Fsp3) is 1.00. The van der Waals surface area contributed by atoms with Gasteiger partial charge in [-0.2, -0.15) is 0 Å². The van der Waals surface area contributed by atoms with Crippen molar-refractivity contribution in [2.75, 3.05) is 6.16 Å². The summed E-state index contributed by atoms with van der Waals surface area (Å²) in [5.41, 5.74) is 0. The Kier molecular flexibility index (Phi) is 8.81. The van der Waals surface area contributed by atoms with Crippen LogP contribution in [0.1, 0.15) is 45.4 Å². The Hall–Kier alpha value is 1.48. The van der Waals surface area contributed by atoms with E-state index in [1.807, 2.05) is 0 Å². The fourth-order valence-corrected chi connectivity index (χ4v) is 3.29. The summed E-state index contributed by atoms with van der Waals surface area (Å²) in [6, 6.07) is 0. The van der Waals surface area contributed by atoms with Gasteiger partial charge in [0.2, 0.25) is 0 Å². The van der Waals surface area contributed by atoms with Gasteiger partial charge in [0.05, 0.1) is 0 Å². The SMILES string of the molecule is CCCCCCCC[PH](S)(S)S. The van der Waals surface area contributed by atoms with Crippen molar-refractivity contribution >= 4 is 41.6 Å². The zero-order valence-corrected chi connectivity index (χ0v) is 11.5. The summed E-state index contributed by atoms with van der Waals surface area (Å²) in [6.45, 7) is 2.24. The molecule has 0 saturated carbocycles. The molecule has 0 aromatic rings. The monoisotopic (exact) mass is 244 g/mol. The van der Waals surface area contributed by atoms with E-state index in [2.05, 4.69) is 43.7 Å². The van der Waals surface area contributed by atoms with Gasteiger partial charge >= 0.3 is 93.2 Å². The Morgan fingerprint density at radius 3 is 1.83 bits per heavy atom. The van der Waals surface area contributed by atoms with Crippen LogP contribution in [-0.4, -0.2) is 6.16 Å². The van der Waals surface area contributed by atoms with Crippen molar-refractivity contribution in [3.05, 3.63) is 0 Å². The summed E-state index contributed by atoms with van der Waals surface area (Å²) in [5.74, 6) is 0. The van der Waals surface area contributed by atoms with Gasteiger partial charge in [0.25, 0.3) is 0 Å². The third-order valence-corrected chi connectivity index (χ3v) is 4.90. The molecule has 4 heteroatoms. The van der Waals surface area contributed by atoms with Crippen molar-refractivity contribution in [1.29, 1.82) is 0 Å². The molecule has 0 aromatic carbocycles. The average Bonchev–Trinajstić information content (AvgIpc) is 1.94. The molecule has 0 rings (SSSR count). The molecule has 0 atom stereocenters. The fourth-order valence-electron chi connectivity index (χ4n) is 1.14. The van der Waals surface area contributed by atoms with Gasteiger partial charge in [-0.1, -0.05) is 0 Å². The van der Waals surface area contributed by atoms with Crippen molar-refractivity contribution < 1.29 is 0 Å². The number of thiol groups is 3. The maximum atomic E-state index is 4.37. The average molecular weight is 244 g/mol.